The van der Waals surface area contributed by atoms with Gasteiger partial charge in [-0.2, -0.15) is 0 Å². The van der Waals surface area contributed by atoms with E-state index in [2.05, 4.69) is 25.7 Å². The van der Waals surface area contributed by atoms with Crippen LogP contribution in [0.2, 0.25) is 0 Å². The Balaban J connectivity index is 1.25. The third-order valence-corrected chi connectivity index (χ3v) is 5.92. The number of aromatic nitrogens is 4. The molecule has 8 heteroatoms. The van der Waals surface area contributed by atoms with E-state index in [-0.39, 0.29) is 5.91 Å². The van der Waals surface area contributed by atoms with Crippen molar-refractivity contribution in [1.82, 2.24) is 20.4 Å². The van der Waals surface area contributed by atoms with Crippen LogP contribution in [-0.4, -0.2) is 26.3 Å². The molecule has 0 fully saturated rings. The van der Waals surface area contributed by atoms with Crippen molar-refractivity contribution in [1.29, 1.82) is 0 Å². The smallest absolute Gasteiger partial charge is 0.257 e. The van der Waals surface area contributed by atoms with Crippen molar-refractivity contribution < 1.29 is 9.21 Å². The van der Waals surface area contributed by atoms with Crippen LogP contribution in [0.5, 0.6) is 0 Å². The Hall–Kier alpha value is -4.17. The minimum atomic E-state index is -0.255. The van der Waals surface area contributed by atoms with Gasteiger partial charge in [0.2, 0.25) is 16.9 Å². The van der Waals surface area contributed by atoms with Crippen molar-refractivity contribution in [3.63, 3.8) is 0 Å². The summed E-state index contributed by atoms with van der Waals surface area (Å²) in [6.07, 6.45) is 0.678. The molecule has 3 aromatic carbocycles. The van der Waals surface area contributed by atoms with Gasteiger partial charge >= 0.3 is 0 Å². The molecule has 0 aliphatic heterocycles. The van der Waals surface area contributed by atoms with Crippen LogP contribution >= 0.6 is 11.3 Å². The first-order chi connectivity index (χ1) is 16.2. The minimum Gasteiger partial charge on any atom is -0.416 e. The zero-order valence-electron chi connectivity index (χ0n) is 17.7. The molecule has 1 N–H and O–H groups in total. The number of hydrogen-bond donors (Lipinski definition) is 1. The Morgan fingerprint density at radius 3 is 2.36 bits per heavy atom. The summed E-state index contributed by atoms with van der Waals surface area (Å²) >= 11 is 1.37. The molecule has 0 spiro atoms. The topological polar surface area (TPSA) is 93.8 Å². The van der Waals surface area contributed by atoms with Crippen LogP contribution in [0.1, 0.15) is 26.5 Å². The van der Waals surface area contributed by atoms with Gasteiger partial charge in [-0.25, -0.2) is 0 Å². The summed E-state index contributed by atoms with van der Waals surface area (Å²) in [6, 6.07) is 24.9. The molecule has 0 saturated heterocycles. The highest BCUT2D eigenvalue weighted by Crippen LogP contribution is 2.26. The Morgan fingerprint density at radius 2 is 1.58 bits per heavy atom. The molecule has 2 heterocycles. The third kappa shape index (κ3) is 4.70. The summed E-state index contributed by atoms with van der Waals surface area (Å²) in [4.78, 5) is 12.6. The summed E-state index contributed by atoms with van der Waals surface area (Å²) in [5, 5.41) is 20.7. The Labute approximate surface area is 194 Å². The van der Waals surface area contributed by atoms with Gasteiger partial charge in [-0.05, 0) is 48.4 Å². The van der Waals surface area contributed by atoms with Crippen molar-refractivity contribution in [3.8, 4) is 22.9 Å². The number of amides is 1. The Morgan fingerprint density at radius 1 is 0.848 bits per heavy atom. The maximum Gasteiger partial charge on any atom is 0.257 e. The van der Waals surface area contributed by atoms with Gasteiger partial charge in [0.1, 0.15) is 5.01 Å². The molecule has 0 saturated carbocycles. The second-order valence-corrected chi connectivity index (χ2v) is 8.48. The van der Waals surface area contributed by atoms with Crippen molar-refractivity contribution in [2.75, 3.05) is 5.32 Å². The fraction of sp³-hybridized carbons (Fsp3) is 0.0800. The van der Waals surface area contributed by atoms with Crippen LogP contribution in [0.25, 0.3) is 22.9 Å². The predicted octanol–water partition coefficient (Wildman–Crippen LogP) is 5.41. The molecule has 0 unspecified atom stereocenters. The molecule has 7 nitrogen and oxygen atoms in total. The average Bonchev–Trinajstić information content (AvgIpc) is 3.50. The van der Waals surface area contributed by atoms with Gasteiger partial charge in [0.25, 0.3) is 5.91 Å². The normalized spacial score (nSPS) is 10.8. The quantitative estimate of drug-likeness (QED) is 0.370. The molecule has 0 atom stereocenters. The van der Waals surface area contributed by atoms with Gasteiger partial charge in [-0.15, -0.1) is 20.4 Å². The molecule has 0 aliphatic carbocycles. The Bertz CT molecular complexity index is 1390. The highest BCUT2D eigenvalue weighted by atomic mass is 32.1. The number of anilines is 1. The number of rotatable bonds is 6. The van der Waals surface area contributed by atoms with Crippen LogP contribution in [-0.2, 0) is 6.42 Å². The summed E-state index contributed by atoms with van der Waals surface area (Å²) in [6.45, 7) is 2.00. The van der Waals surface area contributed by atoms with E-state index >= 15 is 0 Å². The van der Waals surface area contributed by atoms with Crippen LogP contribution in [0.4, 0.5) is 5.13 Å². The highest BCUT2D eigenvalue weighted by Gasteiger charge is 2.14. The lowest BCUT2D eigenvalue weighted by atomic mass is 10.1. The van der Waals surface area contributed by atoms with E-state index < -0.39 is 0 Å². The van der Waals surface area contributed by atoms with Crippen molar-refractivity contribution in [2.45, 2.75) is 13.3 Å². The van der Waals surface area contributed by atoms with Gasteiger partial charge in [0.05, 0.1) is 0 Å². The largest absolute Gasteiger partial charge is 0.416 e. The molecular formula is C25H19N5O2S. The lowest BCUT2D eigenvalue weighted by Gasteiger charge is -2.02. The second kappa shape index (κ2) is 9.13. The number of nitrogens with zero attached hydrogens (tertiary/aromatic N) is 4. The van der Waals surface area contributed by atoms with Crippen molar-refractivity contribution >= 4 is 22.4 Å². The van der Waals surface area contributed by atoms with Crippen LogP contribution in [0, 0.1) is 6.92 Å². The molecule has 0 aliphatic rings. The number of carbonyl (C=O) groups excluding carboxylic acids is 1. The van der Waals surface area contributed by atoms with Crippen LogP contribution in [0.3, 0.4) is 0 Å². The molecule has 0 radical (unpaired) electrons. The fourth-order valence-corrected chi connectivity index (χ4v) is 4.11. The SMILES string of the molecule is Cc1ccccc1-c1nnc(-c2ccc(C(=O)Nc3nnc(Cc4ccccc4)s3)cc2)o1. The maximum atomic E-state index is 12.6. The number of aryl methyl sites for hydroxylation is 1. The first kappa shape index (κ1) is 20.7. The molecule has 33 heavy (non-hydrogen) atoms. The summed E-state index contributed by atoms with van der Waals surface area (Å²) in [7, 11) is 0. The van der Waals surface area contributed by atoms with Gasteiger partial charge < -0.3 is 4.42 Å². The number of carbonyl (C=O) groups is 1. The molecule has 2 aromatic heterocycles. The van der Waals surface area contributed by atoms with Gasteiger partial charge in [-0.3, -0.25) is 10.1 Å². The predicted molar refractivity (Wildman–Crippen MR) is 127 cm³/mol. The number of hydrogen-bond acceptors (Lipinski definition) is 7. The van der Waals surface area contributed by atoms with E-state index in [4.69, 9.17) is 4.42 Å². The van der Waals surface area contributed by atoms with E-state index in [1.54, 1.807) is 24.3 Å². The average molecular weight is 454 g/mol. The lowest BCUT2D eigenvalue weighted by Crippen LogP contribution is -2.11. The van der Waals surface area contributed by atoms with Gasteiger partial charge in [0.15, 0.2) is 0 Å². The second-order valence-electron chi connectivity index (χ2n) is 7.42. The van der Waals surface area contributed by atoms with E-state index in [9.17, 15) is 4.79 Å². The zero-order valence-corrected chi connectivity index (χ0v) is 18.5. The summed E-state index contributed by atoms with van der Waals surface area (Å²) < 4.78 is 5.84. The van der Waals surface area contributed by atoms with Gasteiger partial charge in [0, 0.05) is 23.1 Å². The molecular weight excluding hydrogens is 434 g/mol. The lowest BCUT2D eigenvalue weighted by molar-refractivity contribution is 0.102. The fourth-order valence-electron chi connectivity index (χ4n) is 3.34. The third-order valence-electron chi connectivity index (χ3n) is 5.08. The van der Waals surface area contributed by atoms with Gasteiger partial charge in [-0.1, -0.05) is 59.9 Å². The molecule has 5 rings (SSSR count). The van der Waals surface area contributed by atoms with E-state index in [0.29, 0.717) is 28.9 Å². The Kier molecular flexibility index (Phi) is 5.73. The van der Waals surface area contributed by atoms with Crippen LogP contribution < -0.4 is 5.32 Å². The van der Waals surface area contributed by atoms with E-state index in [1.165, 1.54) is 11.3 Å². The minimum absolute atomic E-state index is 0.255. The van der Waals surface area contributed by atoms with E-state index in [1.807, 2.05) is 61.5 Å². The van der Waals surface area contributed by atoms with Crippen LogP contribution in [0.15, 0.2) is 83.3 Å². The first-order valence-electron chi connectivity index (χ1n) is 10.3. The summed E-state index contributed by atoms with van der Waals surface area (Å²) in [5.74, 6) is 0.609. The molecule has 5 aromatic rings. The highest BCUT2D eigenvalue weighted by molar-refractivity contribution is 7.15. The monoisotopic (exact) mass is 453 g/mol. The van der Waals surface area contributed by atoms with Crippen molar-refractivity contribution in [3.05, 3.63) is 101 Å². The molecule has 1 amide bonds. The maximum absolute atomic E-state index is 12.6. The molecule has 162 valence electrons. The standard InChI is InChI=1S/C25H19N5O2S/c1-16-7-5-6-10-20(16)24-29-28-23(32-24)19-13-11-18(12-14-19)22(31)26-25-30-27-21(33-25)15-17-8-3-2-4-9-17/h2-14H,15H2,1H3,(H,26,30,31). The zero-order chi connectivity index (χ0) is 22.6. The number of benzene rings is 3. The first-order valence-corrected chi connectivity index (χ1v) is 11.1. The summed E-state index contributed by atoms with van der Waals surface area (Å²) in [5.41, 5.74) is 4.34. The van der Waals surface area contributed by atoms with E-state index in [0.717, 1.165) is 27.3 Å². The molecule has 0 bridgehead atoms. The number of nitrogens with one attached hydrogen (secondary N) is 1. The van der Waals surface area contributed by atoms with Crippen molar-refractivity contribution in [2.24, 2.45) is 0 Å².